The average molecular weight is 710 g/mol. The molecule has 3 aromatic rings. The standard InChI is InChI=1S/C45H59NO6/c1-4-6-8-10-11-12-13-14-15-16-17-18-19-20-21-23-35-50-41-31-29-39(30-32-41)38-25-27-40(28-26-38)45(47)52-42-33-34-44(43(36-42)46(48)49)51-37(3)24-22-9-7-5-2/h11-12,14-15,17-18,25-34,36-37H,4-10,13,16,19-24,35H2,1-3H3/b12-11-,15-14-,18-17-/t37-/m0/s1. The smallest absolute Gasteiger partial charge is 0.343 e. The molecule has 3 rings (SSSR count). The van der Waals surface area contributed by atoms with Gasteiger partial charge in [-0.1, -0.05) is 107 Å². The molecule has 0 bridgehead atoms. The Bertz CT molecular complexity index is 1540. The summed E-state index contributed by atoms with van der Waals surface area (Å²) in [4.78, 5) is 24.1. The molecule has 0 aliphatic carbocycles. The van der Waals surface area contributed by atoms with Crippen molar-refractivity contribution in [2.75, 3.05) is 6.61 Å². The second-order valence-corrected chi connectivity index (χ2v) is 13.2. The highest BCUT2D eigenvalue weighted by Gasteiger charge is 2.20. The summed E-state index contributed by atoms with van der Waals surface area (Å²) in [5.74, 6) is 0.496. The number of nitro benzene ring substituents is 1. The lowest BCUT2D eigenvalue weighted by molar-refractivity contribution is -0.386. The SMILES string of the molecule is CCCCC/C=C\C/C=C\C/C=C\CCCCCOc1ccc(-c2ccc(C(=O)Oc3ccc(O[C@@H](C)CCCCCC)c([N+](=O)[O-])c3)cc2)cc1. The molecular weight excluding hydrogens is 650 g/mol. The number of benzene rings is 3. The molecule has 0 heterocycles. The summed E-state index contributed by atoms with van der Waals surface area (Å²) in [5, 5.41) is 11.8. The molecule has 0 saturated carbocycles. The number of unbranched alkanes of at least 4 members (excludes halogenated alkanes) is 9. The molecule has 0 aliphatic heterocycles. The second kappa shape index (κ2) is 25.3. The van der Waals surface area contributed by atoms with E-state index in [2.05, 4.69) is 50.3 Å². The van der Waals surface area contributed by atoms with E-state index in [1.54, 1.807) is 12.1 Å². The quantitative estimate of drug-likeness (QED) is 0.0206. The Hall–Kier alpha value is -4.65. The van der Waals surface area contributed by atoms with Gasteiger partial charge in [-0.2, -0.15) is 0 Å². The van der Waals surface area contributed by atoms with E-state index < -0.39 is 10.9 Å². The normalized spacial score (nSPS) is 12.1. The summed E-state index contributed by atoms with van der Waals surface area (Å²) in [6.45, 7) is 6.99. The van der Waals surface area contributed by atoms with Crippen LogP contribution in [0.3, 0.4) is 0 Å². The molecular formula is C45H59NO6. The summed E-state index contributed by atoms with van der Waals surface area (Å²) in [6, 6.07) is 19.3. The Balaban J connectivity index is 1.36. The van der Waals surface area contributed by atoms with Gasteiger partial charge in [0.05, 0.1) is 29.3 Å². The number of hydrogen-bond acceptors (Lipinski definition) is 6. The molecule has 1 atom stereocenters. The van der Waals surface area contributed by atoms with Gasteiger partial charge in [0.2, 0.25) is 0 Å². The van der Waals surface area contributed by atoms with Crippen molar-refractivity contribution < 1.29 is 23.9 Å². The molecule has 0 N–H and O–H groups in total. The van der Waals surface area contributed by atoms with Gasteiger partial charge in [-0.05, 0) is 119 Å². The first kappa shape index (κ1) is 41.8. The largest absolute Gasteiger partial charge is 0.494 e. The van der Waals surface area contributed by atoms with Crippen LogP contribution in [0.5, 0.6) is 17.2 Å². The van der Waals surface area contributed by atoms with E-state index in [4.69, 9.17) is 14.2 Å². The van der Waals surface area contributed by atoms with Gasteiger partial charge in [0.1, 0.15) is 11.5 Å². The van der Waals surface area contributed by atoms with E-state index in [1.807, 2.05) is 43.3 Å². The van der Waals surface area contributed by atoms with Crippen molar-refractivity contribution in [3.63, 3.8) is 0 Å². The second-order valence-electron chi connectivity index (χ2n) is 13.2. The summed E-state index contributed by atoms with van der Waals surface area (Å²) in [6.07, 6.45) is 30.2. The maximum atomic E-state index is 12.9. The molecule has 0 aliphatic rings. The zero-order valence-electron chi connectivity index (χ0n) is 31.6. The third-order valence-electron chi connectivity index (χ3n) is 8.74. The Kier molecular flexibility index (Phi) is 20.3. The van der Waals surface area contributed by atoms with Crippen LogP contribution in [0.25, 0.3) is 11.1 Å². The summed E-state index contributed by atoms with van der Waals surface area (Å²) in [5.41, 5.74) is 2.06. The molecule has 0 aromatic heterocycles. The van der Waals surface area contributed by atoms with Crippen molar-refractivity contribution in [3.8, 4) is 28.4 Å². The minimum Gasteiger partial charge on any atom is -0.494 e. The van der Waals surface area contributed by atoms with E-state index in [9.17, 15) is 14.9 Å². The number of ether oxygens (including phenoxy) is 3. The number of nitro groups is 1. The van der Waals surface area contributed by atoms with Crippen molar-refractivity contribution in [2.45, 2.75) is 123 Å². The van der Waals surface area contributed by atoms with Crippen LogP contribution in [0, 0.1) is 10.1 Å². The monoisotopic (exact) mass is 709 g/mol. The van der Waals surface area contributed by atoms with E-state index >= 15 is 0 Å². The first-order valence-corrected chi connectivity index (χ1v) is 19.4. The zero-order valence-corrected chi connectivity index (χ0v) is 31.6. The van der Waals surface area contributed by atoms with E-state index in [0.717, 1.165) is 87.5 Å². The van der Waals surface area contributed by atoms with Crippen molar-refractivity contribution in [1.29, 1.82) is 0 Å². The fraction of sp³-hybridized carbons (Fsp3) is 0.444. The van der Waals surface area contributed by atoms with Gasteiger partial charge in [0.15, 0.2) is 5.75 Å². The molecule has 7 heteroatoms. The number of carbonyl (C=O) groups excluding carboxylic acids is 1. The lowest BCUT2D eigenvalue weighted by Gasteiger charge is -2.15. The van der Waals surface area contributed by atoms with Crippen molar-refractivity contribution in [3.05, 3.63) is 119 Å². The fourth-order valence-electron chi connectivity index (χ4n) is 5.67. The van der Waals surface area contributed by atoms with Crippen LogP contribution in [-0.2, 0) is 0 Å². The Morgan fingerprint density at radius 1 is 0.692 bits per heavy atom. The van der Waals surface area contributed by atoms with Crippen molar-refractivity contribution in [2.24, 2.45) is 0 Å². The Morgan fingerprint density at radius 2 is 1.25 bits per heavy atom. The van der Waals surface area contributed by atoms with Crippen LogP contribution in [0.2, 0.25) is 0 Å². The minimum absolute atomic E-state index is 0.0894. The van der Waals surface area contributed by atoms with Gasteiger partial charge in [0.25, 0.3) is 0 Å². The average Bonchev–Trinajstić information content (AvgIpc) is 3.15. The first-order valence-electron chi connectivity index (χ1n) is 19.4. The van der Waals surface area contributed by atoms with E-state index in [-0.39, 0.29) is 23.3 Å². The van der Waals surface area contributed by atoms with Crippen LogP contribution in [0.1, 0.15) is 127 Å². The number of allylic oxidation sites excluding steroid dienone is 6. The van der Waals surface area contributed by atoms with Gasteiger partial charge in [-0.15, -0.1) is 0 Å². The molecule has 0 radical (unpaired) electrons. The van der Waals surface area contributed by atoms with Gasteiger partial charge >= 0.3 is 11.7 Å². The van der Waals surface area contributed by atoms with E-state index in [0.29, 0.717) is 12.2 Å². The maximum Gasteiger partial charge on any atom is 0.343 e. The third kappa shape index (κ3) is 16.6. The molecule has 52 heavy (non-hydrogen) atoms. The molecule has 0 fully saturated rings. The molecule has 7 nitrogen and oxygen atoms in total. The predicted octanol–water partition coefficient (Wildman–Crippen LogP) is 13.2. The van der Waals surface area contributed by atoms with Crippen LogP contribution >= 0.6 is 0 Å². The highest BCUT2D eigenvalue weighted by atomic mass is 16.6. The molecule has 3 aromatic carbocycles. The lowest BCUT2D eigenvalue weighted by Crippen LogP contribution is -2.13. The Morgan fingerprint density at radius 3 is 1.88 bits per heavy atom. The van der Waals surface area contributed by atoms with Gasteiger partial charge in [-0.3, -0.25) is 10.1 Å². The minimum atomic E-state index is -0.595. The highest BCUT2D eigenvalue weighted by molar-refractivity contribution is 5.91. The van der Waals surface area contributed by atoms with Crippen molar-refractivity contribution >= 4 is 11.7 Å². The topological polar surface area (TPSA) is 87.9 Å². The summed E-state index contributed by atoms with van der Waals surface area (Å²) < 4.78 is 17.3. The molecule has 0 spiro atoms. The first-order chi connectivity index (χ1) is 25.4. The summed E-state index contributed by atoms with van der Waals surface area (Å²) >= 11 is 0. The van der Waals surface area contributed by atoms with Gasteiger partial charge in [-0.25, -0.2) is 4.79 Å². The van der Waals surface area contributed by atoms with Gasteiger partial charge in [0, 0.05) is 0 Å². The number of nitrogens with zero attached hydrogens (tertiary/aromatic N) is 1. The van der Waals surface area contributed by atoms with Crippen LogP contribution < -0.4 is 14.2 Å². The number of hydrogen-bond donors (Lipinski definition) is 0. The fourth-order valence-corrected chi connectivity index (χ4v) is 5.67. The molecule has 280 valence electrons. The van der Waals surface area contributed by atoms with Crippen LogP contribution in [0.15, 0.2) is 103 Å². The zero-order chi connectivity index (χ0) is 37.2. The number of esters is 1. The number of carbonyl (C=O) groups is 1. The molecule has 0 saturated heterocycles. The lowest BCUT2D eigenvalue weighted by atomic mass is 10.0. The predicted molar refractivity (Wildman–Crippen MR) is 214 cm³/mol. The van der Waals surface area contributed by atoms with Gasteiger partial charge < -0.3 is 14.2 Å². The van der Waals surface area contributed by atoms with Crippen molar-refractivity contribution in [1.82, 2.24) is 0 Å². The third-order valence-corrected chi connectivity index (χ3v) is 8.74. The Labute approximate surface area is 311 Å². The maximum absolute atomic E-state index is 12.9. The van der Waals surface area contributed by atoms with Crippen LogP contribution in [-0.4, -0.2) is 23.6 Å². The molecule has 0 amide bonds. The molecule has 0 unspecified atom stereocenters. The van der Waals surface area contributed by atoms with E-state index in [1.165, 1.54) is 43.9 Å². The summed E-state index contributed by atoms with van der Waals surface area (Å²) in [7, 11) is 0. The van der Waals surface area contributed by atoms with Crippen LogP contribution in [0.4, 0.5) is 5.69 Å². The highest BCUT2D eigenvalue weighted by Crippen LogP contribution is 2.33. The number of rotatable bonds is 26.